The van der Waals surface area contributed by atoms with Crippen LogP contribution in [0.5, 0.6) is 0 Å². The molecule has 4 nitrogen and oxygen atoms in total. The van der Waals surface area contributed by atoms with Gasteiger partial charge in [-0.2, -0.15) is 0 Å². The molecule has 76 heavy (non-hydrogen) atoms. The Bertz CT molecular complexity index is 3580. The van der Waals surface area contributed by atoms with Gasteiger partial charge in [-0.3, -0.25) is 0 Å². The molecule has 364 valence electrons. The number of rotatable bonds is 15. The van der Waals surface area contributed by atoms with Gasteiger partial charge in [-0.1, -0.05) is 194 Å². The zero-order valence-electron chi connectivity index (χ0n) is 42.2. The van der Waals surface area contributed by atoms with Gasteiger partial charge in [0.2, 0.25) is 0 Å². The Morgan fingerprint density at radius 1 is 0.224 bits per heavy atom. The average Bonchev–Trinajstić information content (AvgIpc) is 3.52. The zero-order chi connectivity index (χ0) is 50.9. The second-order valence-electron chi connectivity index (χ2n) is 18.9. The lowest BCUT2D eigenvalue weighted by molar-refractivity contribution is 0.777. The Kier molecular flexibility index (Phi) is 13.7. The molecule has 1 aliphatic carbocycles. The summed E-state index contributed by atoms with van der Waals surface area (Å²) in [5.74, 6) is 0. The second-order valence-corrected chi connectivity index (χ2v) is 18.9. The number of allylic oxidation sites excluding steroid dienone is 1. The number of benzene rings is 11. The zero-order valence-corrected chi connectivity index (χ0v) is 42.2. The van der Waals surface area contributed by atoms with E-state index < -0.39 is 0 Å². The predicted molar refractivity (Wildman–Crippen MR) is 321 cm³/mol. The van der Waals surface area contributed by atoms with Gasteiger partial charge in [0.1, 0.15) is 0 Å². The molecule has 4 heteroatoms. The van der Waals surface area contributed by atoms with Gasteiger partial charge in [-0.25, -0.2) is 0 Å². The van der Waals surface area contributed by atoms with Crippen LogP contribution < -0.4 is 19.6 Å². The average molecular weight is 977 g/mol. The molecule has 0 fully saturated rings. The smallest absolute Gasteiger partial charge is 0.0561 e. The summed E-state index contributed by atoms with van der Waals surface area (Å²) in [4.78, 5) is 9.46. The van der Waals surface area contributed by atoms with Gasteiger partial charge in [0, 0.05) is 62.6 Å². The molecule has 0 radical (unpaired) electrons. The summed E-state index contributed by atoms with van der Waals surface area (Å²) in [7, 11) is 0. The topological polar surface area (TPSA) is 13.0 Å². The first-order valence-corrected chi connectivity index (χ1v) is 26.1. The molecule has 1 unspecified atom stereocenters. The molecule has 0 aliphatic heterocycles. The molecule has 0 heterocycles. The number of nitrogens with zero attached hydrogens (tertiary/aromatic N) is 4. The van der Waals surface area contributed by atoms with Crippen LogP contribution in [0.3, 0.4) is 0 Å². The minimum Gasteiger partial charge on any atom is -0.334 e. The SMILES string of the molecule is C1=CC(N(c2ccccc2)c2ccccc2)CC=C1N(c1ccc(-c2ccccc2)cc1)c1ccc(-c2ccc(N(c3ccc(-c4ccccc4)cc3)c3ccc(N(c4ccccc4)c4ccccc4)cc3)cc2)cc1. The van der Waals surface area contributed by atoms with Gasteiger partial charge in [0.15, 0.2) is 0 Å². The third-order valence-corrected chi connectivity index (χ3v) is 14.2. The Balaban J connectivity index is 0.855. The Morgan fingerprint density at radius 2 is 0.461 bits per heavy atom. The predicted octanol–water partition coefficient (Wildman–Crippen LogP) is 19.8. The van der Waals surface area contributed by atoms with Gasteiger partial charge in [0.05, 0.1) is 6.04 Å². The minimum atomic E-state index is 0.148. The third kappa shape index (κ3) is 10.2. The maximum Gasteiger partial charge on any atom is 0.0561 e. The van der Waals surface area contributed by atoms with E-state index in [1.807, 2.05) is 0 Å². The van der Waals surface area contributed by atoms with Crippen molar-refractivity contribution in [3.05, 3.63) is 327 Å². The summed E-state index contributed by atoms with van der Waals surface area (Å²) in [5, 5.41) is 0. The Morgan fingerprint density at radius 3 is 0.750 bits per heavy atom. The van der Waals surface area contributed by atoms with E-state index in [-0.39, 0.29) is 6.04 Å². The van der Waals surface area contributed by atoms with E-state index in [1.165, 1.54) is 33.6 Å². The first-order valence-electron chi connectivity index (χ1n) is 26.1. The van der Waals surface area contributed by atoms with Crippen LogP contribution in [0, 0.1) is 0 Å². The van der Waals surface area contributed by atoms with Crippen molar-refractivity contribution in [2.45, 2.75) is 12.5 Å². The fourth-order valence-electron chi connectivity index (χ4n) is 10.4. The molecule has 0 aromatic heterocycles. The van der Waals surface area contributed by atoms with Crippen LogP contribution >= 0.6 is 0 Å². The molecular weight excluding hydrogens is 921 g/mol. The van der Waals surface area contributed by atoms with E-state index in [0.29, 0.717) is 0 Å². The van der Waals surface area contributed by atoms with Crippen molar-refractivity contribution in [3.8, 4) is 33.4 Å². The van der Waals surface area contributed by atoms with Gasteiger partial charge < -0.3 is 19.6 Å². The van der Waals surface area contributed by atoms with Crippen LogP contribution in [0.1, 0.15) is 6.42 Å². The molecule has 0 saturated carbocycles. The van der Waals surface area contributed by atoms with Gasteiger partial charge >= 0.3 is 0 Å². The molecule has 1 atom stereocenters. The van der Waals surface area contributed by atoms with Crippen molar-refractivity contribution in [1.82, 2.24) is 0 Å². The lowest BCUT2D eigenvalue weighted by Crippen LogP contribution is -2.31. The fourth-order valence-corrected chi connectivity index (χ4v) is 10.4. The Labute approximate surface area is 447 Å². The van der Waals surface area contributed by atoms with Crippen molar-refractivity contribution in [2.24, 2.45) is 0 Å². The van der Waals surface area contributed by atoms with Gasteiger partial charge in [0.25, 0.3) is 0 Å². The quantitative estimate of drug-likeness (QED) is 0.101. The van der Waals surface area contributed by atoms with Crippen molar-refractivity contribution in [3.63, 3.8) is 0 Å². The molecule has 0 spiro atoms. The molecule has 0 bridgehead atoms. The van der Waals surface area contributed by atoms with Crippen LogP contribution in [-0.2, 0) is 0 Å². The first kappa shape index (κ1) is 47.1. The highest BCUT2D eigenvalue weighted by molar-refractivity contribution is 5.84. The molecule has 11 aromatic carbocycles. The molecule has 1 aliphatic rings. The lowest BCUT2D eigenvalue weighted by atomic mass is 10.00. The summed E-state index contributed by atoms with van der Waals surface area (Å²) in [6.07, 6.45) is 7.88. The summed E-state index contributed by atoms with van der Waals surface area (Å²) in [6, 6.07) is 109. The highest BCUT2D eigenvalue weighted by atomic mass is 15.2. The van der Waals surface area contributed by atoms with E-state index in [9.17, 15) is 0 Å². The highest BCUT2D eigenvalue weighted by Crippen LogP contribution is 2.42. The number of para-hydroxylation sites is 4. The van der Waals surface area contributed by atoms with Crippen molar-refractivity contribution in [2.75, 3.05) is 19.6 Å². The van der Waals surface area contributed by atoms with Gasteiger partial charge in [-0.05, 0) is 167 Å². The Hall–Kier alpha value is -9.90. The summed E-state index contributed by atoms with van der Waals surface area (Å²) in [5.41, 5.74) is 19.3. The summed E-state index contributed by atoms with van der Waals surface area (Å²) >= 11 is 0. The number of hydrogen-bond donors (Lipinski definition) is 0. The lowest BCUT2D eigenvalue weighted by Gasteiger charge is -2.35. The van der Waals surface area contributed by atoms with E-state index in [4.69, 9.17) is 0 Å². The molecule has 0 saturated heterocycles. The fraction of sp³-hybridized carbons (Fsp3) is 0.0278. The molecule has 11 aromatic rings. The van der Waals surface area contributed by atoms with Crippen LogP contribution in [-0.4, -0.2) is 6.04 Å². The second kappa shape index (κ2) is 22.1. The van der Waals surface area contributed by atoms with Crippen molar-refractivity contribution < 1.29 is 0 Å². The van der Waals surface area contributed by atoms with Crippen molar-refractivity contribution >= 4 is 56.9 Å². The van der Waals surface area contributed by atoms with Crippen LogP contribution in [0.4, 0.5) is 56.9 Å². The van der Waals surface area contributed by atoms with E-state index in [2.05, 4.69) is 341 Å². The van der Waals surface area contributed by atoms with Crippen LogP contribution in [0.25, 0.3) is 33.4 Å². The van der Waals surface area contributed by atoms with E-state index in [0.717, 1.165) is 68.7 Å². The molecule has 12 rings (SSSR count). The van der Waals surface area contributed by atoms with E-state index in [1.54, 1.807) is 0 Å². The standard InChI is InChI=1S/C72H56N4/c1-7-19-55(20-8-1)57-31-39-65(40-32-57)75(71-51-47-69(48-52-71)73(61-23-11-3-12-24-61)62-25-13-4-14-26-62)67-43-35-59(36-44-67)60-37-45-68(46-38-60)76(66-41-33-58(34-42-66)56-21-9-2-10-22-56)72-53-49-70(50-54-72)74(63-27-15-5-16-28-63)64-29-17-6-18-30-64/h1-49,51-54,70H,50H2. The maximum atomic E-state index is 2.44. The maximum absolute atomic E-state index is 2.44. The number of hydrogen-bond acceptors (Lipinski definition) is 4. The van der Waals surface area contributed by atoms with Gasteiger partial charge in [-0.15, -0.1) is 0 Å². The largest absolute Gasteiger partial charge is 0.334 e. The molecule has 0 N–H and O–H groups in total. The monoisotopic (exact) mass is 976 g/mol. The minimum absolute atomic E-state index is 0.148. The normalized spacial score (nSPS) is 12.8. The van der Waals surface area contributed by atoms with Crippen LogP contribution in [0.2, 0.25) is 0 Å². The third-order valence-electron chi connectivity index (χ3n) is 14.2. The number of anilines is 10. The van der Waals surface area contributed by atoms with Crippen LogP contribution in [0.15, 0.2) is 327 Å². The molecule has 0 amide bonds. The van der Waals surface area contributed by atoms with Crippen molar-refractivity contribution in [1.29, 1.82) is 0 Å². The summed E-state index contributed by atoms with van der Waals surface area (Å²) in [6.45, 7) is 0. The van der Waals surface area contributed by atoms with E-state index >= 15 is 0 Å². The highest BCUT2D eigenvalue weighted by Gasteiger charge is 2.24. The first-order chi connectivity index (χ1) is 37.7. The molecular formula is C72H56N4. The summed E-state index contributed by atoms with van der Waals surface area (Å²) < 4.78 is 0.